The number of rotatable bonds is 4. The number of morpholine rings is 1. The van der Waals surface area contributed by atoms with Gasteiger partial charge in [-0.3, -0.25) is 9.52 Å². The van der Waals surface area contributed by atoms with Crippen LogP contribution in [-0.4, -0.2) is 45.5 Å². The zero-order valence-electron chi connectivity index (χ0n) is 15.8. The van der Waals surface area contributed by atoms with Gasteiger partial charge < -0.3 is 9.64 Å². The van der Waals surface area contributed by atoms with Gasteiger partial charge in [-0.25, -0.2) is 8.42 Å². The van der Waals surface area contributed by atoms with E-state index in [0.717, 1.165) is 5.56 Å². The summed E-state index contributed by atoms with van der Waals surface area (Å²) in [5, 5.41) is 0. The number of carbonyl (C=O) groups is 1. The van der Waals surface area contributed by atoms with E-state index in [1.54, 1.807) is 43.0 Å². The molecule has 2 aromatic rings. The van der Waals surface area contributed by atoms with Crippen LogP contribution in [0.5, 0.6) is 0 Å². The predicted molar refractivity (Wildman–Crippen MR) is 105 cm³/mol. The molecule has 144 valence electrons. The third-order valence-electron chi connectivity index (χ3n) is 4.56. The number of ether oxygens (including phenoxy) is 1. The summed E-state index contributed by atoms with van der Waals surface area (Å²) in [5.41, 5.74) is 3.39. The maximum Gasteiger partial charge on any atom is 0.262 e. The minimum Gasteiger partial charge on any atom is -0.378 e. The zero-order valence-corrected chi connectivity index (χ0v) is 16.6. The Kier molecular flexibility index (Phi) is 5.53. The summed E-state index contributed by atoms with van der Waals surface area (Å²) in [6, 6.07) is 10.2. The molecule has 0 bridgehead atoms. The Labute approximate surface area is 160 Å². The molecule has 6 nitrogen and oxygen atoms in total. The van der Waals surface area contributed by atoms with Gasteiger partial charge in [0.1, 0.15) is 0 Å². The van der Waals surface area contributed by atoms with Crippen LogP contribution in [0.3, 0.4) is 0 Å². The Hall–Kier alpha value is -2.38. The number of nitrogens with one attached hydrogen (secondary N) is 1. The molecule has 0 radical (unpaired) electrons. The highest BCUT2D eigenvalue weighted by atomic mass is 32.2. The quantitative estimate of drug-likeness (QED) is 0.874. The lowest BCUT2D eigenvalue weighted by Gasteiger charge is -2.26. The molecule has 0 unspecified atom stereocenters. The van der Waals surface area contributed by atoms with Gasteiger partial charge in [0, 0.05) is 24.3 Å². The van der Waals surface area contributed by atoms with Crippen LogP contribution in [0.4, 0.5) is 5.69 Å². The van der Waals surface area contributed by atoms with Crippen molar-refractivity contribution in [3.63, 3.8) is 0 Å². The second-order valence-electron chi connectivity index (χ2n) is 6.82. The SMILES string of the molecule is Cc1cc(C)c(S(=O)(=O)Nc2ccc(C(=O)N3CCOCC3)cc2)c(C)c1. The lowest BCUT2D eigenvalue weighted by atomic mass is 10.1. The van der Waals surface area contributed by atoms with E-state index in [-0.39, 0.29) is 5.91 Å². The van der Waals surface area contributed by atoms with Crippen molar-refractivity contribution in [1.82, 2.24) is 4.90 Å². The van der Waals surface area contributed by atoms with Crippen LogP contribution in [0.25, 0.3) is 0 Å². The summed E-state index contributed by atoms with van der Waals surface area (Å²) in [6.07, 6.45) is 0. The average Bonchev–Trinajstić information content (AvgIpc) is 2.61. The maximum absolute atomic E-state index is 12.8. The molecule has 1 aliphatic heterocycles. The number of anilines is 1. The lowest BCUT2D eigenvalue weighted by Crippen LogP contribution is -2.40. The van der Waals surface area contributed by atoms with Gasteiger partial charge in [0.05, 0.1) is 18.1 Å². The van der Waals surface area contributed by atoms with Crippen molar-refractivity contribution >= 4 is 21.6 Å². The summed E-state index contributed by atoms with van der Waals surface area (Å²) < 4.78 is 33.5. The monoisotopic (exact) mass is 388 g/mol. The summed E-state index contributed by atoms with van der Waals surface area (Å²) in [5.74, 6) is -0.0714. The summed E-state index contributed by atoms with van der Waals surface area (Å²) in [6.45, 7) is 7.74. The van der Waals surface area contributed by atoms with Crippen LogP contribution in [-0.2, 0) is 14.8 Å². The minimum atomic E-state index is -3.71. The smallest absolute Gasteiger partial charge is 0.262 e. The molecule has 0 saturated carbocycles. The zero-order chi connectivity index (χ0) is 19.6. The fourth-order valence-electron chi connectivity index (χ4n) is 3.43. The number of hydrogen-bond acceptors (Lipinski definition) is 4. The highest BCUT2D eigenvalue weighted by Crippen LogP contribution is 2.24. The summed E-state index contributed by atoms with van der Waals surface area (Å²) >= 11 is 0. The highest BCUT2D eigenvalue weighted by molar-refractivity contribution is 7.92. The van der Waals surface area contributed by atoms with Crippen LogP contribution in [0, 0.1) is 20.8 Å². The van der Waals surface area contributed by atoms with Crippen LogP contribution >= 0.6 is 0 Å². The molecule has 0 aliphatic carbocycles. The number of sulfonamides is 1. The normalized spacial score (nSPS) is 14.9. The first-order valence-electron chi connectivity index (χ1n) is 8.86. The van der Waals surface area contributed by atoms with Crippen LogP contribution < -0.4 is 4.72 Å². The van der Waals surface area contributed by atoms with Gasteiger partial charge in [-0.15, -0.1) is 0 Å². The van der Waals surface area contributed by atoms with Gasteiger partial charge in [0.15, 0.2) is 0 Å². The highest BCUT2D eigenvalue weighted by Gasteiger charge is 2.21. The standard InChI is InChI=1S/C20H24N2O4S/c1-14-12-15(2)19(16(3)13-14)27(24,25)21-18-6-4-17(5-7-18)20(23)22-8-10-26-11-9-22/h4-7,12-13,21H,8-11H2,1-3H3. The largest absolute Gasteiger partial charge is 0.378 e. The topological polar surface area (TPSA) is 75.7 Å². The van der Waals surface area contributed by atoms with Crippen molar-refractivity contribution in [3.8, 4) is 0 Å². The third-order valence-corrected chi connectivity index (χ3v) is 6.24. The molecule has 1 aliphatic rings. The van der Waals surface area contributed by atoms with Gasteiger partial charge in [-0.1, -0.05) is 17.7 Å². The molecule has 1 N–H and O–H groups in total. The molecule has 0 atom stereocenters. The van der Waals surface area contributed by atoms with Crippen molar-refractivity contribution in [2.75, 3.05) is 31.0 Å². The van der Waals surface area contributed by atoms with Crippen molar-refractivity contribution in [1.29, 1.82) is 0 Å². The van der Waals surface area contributed by atoms with Gasteiger partial charge in [-0.05, 0) is 56.2 Å². The Bertz CT molecular complexity index is 923. The molecular weight excluding hydrogens is 364 g/mol. The minimum absolute atomic E-state index is 0.0714. The Morgan fingerprint density at radius 3 is 2.11 bits per heavy atom. The number of carbonyl (C=O) groups excluding carboxylic acids is 1. The van der Waals surface area contributed by atoms with E-state index in [4.69, 9.17) is 4.74 Å². The van der Waals surface area contributed by atoms with E-state index in [2.05, 4.69) is 4.72 Å². The fourth-order valence-corrected chi connectivity index (χ4v) is 4.94. The first kappa shape index (κ1) is 19.4. The molecule has 0 aromatic heterocycles. The van der Waals surface area contributed by atoms with E-state index in [1.165, 1.54) is 0 Å². The summed E-state index contributed by atoms with van der Waals surface area (Å²) in [7, 11) is -3.71. The molecule has 1 heterocycles. The first-order valence-corrected chi connectivity index (χ1v) is 10.3. The Morgan fingerprint density at radius 1 is 1.00 bits per heavy atom. The lowest BCUT2D eigenvalue weighted by molar-refractivity contribution is 0.0303. The van der Waals surface area contributed by atoms with E-state index in [9.17, 15) is 13.2 Å². The average molecular weight is 388 g/mol. The van der Waals surface area contributed by atoms with Crippen molar-refractivity contribution < 1.29 is 17.9 Å². The second-order valence-corrected chi connectivity index (χ2v) is 8.43. The van der Waals surface area contributed by atoms with Crippen molar-refractivity contribution in [2.24, 2.45) is 0 Å². The van der Waals surface area contributed by atoms with Gasteiger partial charge >= 0.3 is 0 Å². The van der Waals surface area contributed by atoms with Crippen LogP contribution in [0.2, 0.25) is 0 Å². The Balaban J connectivity index is 1.79. The second kappa shape index (κ2) is 7.70. The molecule has 0 spiro atoms. The maximum atomic E-state index is 12.8. The predicted octanol–water partition coefficient (Wildman–Crippen LogP) is 2.89. The van der Waals surface area contributed by atoms with Gasteiger partial charge in [0.2, 0.25) is 0 Å². The molecule has 7 heteroatoms. The number of hydrogen-bond donors (Lipinski definition) is 1. The molecule has 1 fully saturated rings. The fraction of sp³-hybridized carbons (Fsp3) is 0.350. The van der Waals surface area contributed by atoms with Crippen molar-refractivity contribution in [2.45, 2.75) is 25.7 Å². The molecule has 2 aromatic carbocycles. The molecule has 3 rings (SSSR count). The summed E-state index contributed by atoms with van der Waals surface area (Å²) in [4.78, 5) is 14.5. The van der Waals surface area contributed by atoms with Crippen LogP contribution in [0.15, 0.2) is 41.3 Å². The molecule has 1 saturated heterocycles. The number of benzene rings is 2. The first-order chi connectivity index (χ1) is 12.8. The molecule has 1 amide bonds. The third kappa shape index (κ3) is 4.31. The van der Waals surface area contributed by atoms with Gasteiger partial charge in [0.25, 0.3) is 15.9 Å². The van der Waals surface area contributed by atoms with E-state index in [1.807, 2.05) is 19.1 Å². The van der Waals surface area contributed by atoms with E-state index < -0.39 is 10.0 Å². The van der Waals surface area contributed by atoms with Crippen molar-refractivity contribution in [3.05, 3.63) is 58.7 Å². The number of aryl methyl sites for hydroxylation is 3. The molecule has 27 heavy (non-hydrogen) atoms. The van der Waals surface area contributed by atoms with Crippen LogP contribution in [0.1, 0.15) is 27.0 Å². The number of nitrogens with zero attached hydrogens (tertiary/aromatic N) is 1. The Morgan fingerprint density at radius 2 is 1.56 bits per heavy atom. The van der Waals surface area contributed by atoms with Gasteiger partial charge in [-0.2, -0.15) is 0 Å². The van der Waals surface area contributed by atoms with E-state index in [0.29, 0.717) is 53.6 Å². The number of amides is 1. The molecular formula is C20H24N2O4S. The van der Waals surface area contributed by atoms with E-state index >= 15 is 0 Å².